The van der Waals surface area contributed by atoms with Crippen molar-refractivity contribution in [3.63, 3.8) is 0 Å². The quantitative estimate of drug-likeness (QED) is 0.921. The number of hydrogen-bond donors (Lipinski definition) is 1. The van der Waals surface area contributed by atoms with Gasteiger partial charge in [0.2, 0.25) is 5.91 Å². The van der Waals surface area contributed by atoms with Crippen LogP contribution >= 0.6 is 15.9 Å². The Labute approximate surface area is 131 Å². The number of nitrogens with one attached hydrogen (secondary N) is 1. The molecule has 0 saturated heterocycles. The number of aryl methyl sites for hydroxylation is 1. The summed E-state index contributed by atoms with van der Waals surface area (Å²) in [5, 5.41) is 2.75. The van der Waals surface area contributed by atoms with E-state index in [0.29, 0.717) is 5.69 Å². The zero-order valence-corrected chi connectivity index (χ0v) is 13.3. The molecule has 110 valence electrons. The van der Waals surface area contributed by atoms with Crippen molar-refractivity contribution < 1.29 is 14.0 Å². The highest BCUT2D eigenvalue weighted by molar-refractivity contribution is 9.10. The van der Waals surface area contributed by atoms with Crippen LogP contribution in [0.1, 0.15) is 16.1 Å². The highest BCUT2D eigenvalue weighted by Gasteiger charge is 2.19. The lowest BCUT2D eigenvalue weighted by Gasteiger charge is -2.16. The molecule has 1 aromatic carbocycles. The maximum absolute atomic E-state index is 12.1. The van der Waals surface area contributed by atoms with E-state index in [9.17, 15) is 9.59 Å². The molecule has 2 amide bonds. The molecule has 0 aliphatic heterocycles. The van der Waals surface area contributed by atoms with Crippen molar-refractivity contribution in [3.8, 4) is 0 Å². The van der Waals surface area contributed by atoms with Crippen molar-refractivity contribution >= 4 is 33.4 Å². The molecule has 0 bridgehead atoms. The predicted octanol–water partition coefficient (Wildman–Crippen LogP) is 3.06. The molecule has 6 heteroatoms. The first-order valence-corrected chi connectivity index (χ1v) is 7.12. The van der Waals surface area contributed by atoms with Gasteiger partial charge in [0.1, 0.15) is 0 Å². The van der Waals surface area contributed by atoms with Crippen LogP contribution in [0.5, 0.6) is 0 Å². The highest BCUT2D eigenvalue weighted by Crippen LogP contribution is 2.21. The lowest BCUT2D eigenvalue weighted by atomic mass is 10.2. The van der Waals surface area contributed by atoms with Crippen molar-refractivity contribution in [1.82, 2.24) is 4.90 Å². The van der Waals surface area contributed by atoms with Crippen LogP contribution in [-0.4, -0.2) is 30.3 Å². The zero-order valence-electron chi connectivity index (χ0n) is 11.7. The fourth-order valence-electron chi connectivity index (χ4n) is 1.80. The molecule has 1 heterocycles. The number of nitrogens with zero attached hydrogens (tertiary/aromatic N) is 1. The standard InChI is InChI=1S/C15H15BrN2O3/c1-10-7-8-21-14(10)15(20)18(2)9-13(19)17-12-6-4-3-5-11(12)16/h3-8H,9H2,1-2H3,(H,17,19). The Kier molecular flexibility index (Phi) is 4.80. The average Bonchev–Trinajstić information content (AvgIpc) is 2.86. The summed E-state index contributed by atoms with van der Waals surface area (Å²) in [6, 6.07) is 9.00. The van der Waals surface area contributed by atoms with E-state index >= 15 is 0 Å². The van der Waals surface area contributed by atoms with Crippen molar-refractivity contribution in [2.75, 3.05) is 18.9 Å². The molecule has 21 heavy (non-hydrogen) atoms. The first-order chi connectivity index (χ1) is 9.99. The minimum absolute atomic E-state index is 0.0553. The lowest BCUT2D eigenvalue weighted by molar-refractivity contribution is -0.116. The molecule has 5 nitrogen and oxygen atoms in total. The molecule has 0 fully saturated rings. The van der Waals surface area contributed by atoms with Crippen LogP contribution in [-0.2, 0) is 4.79 Å². The molecule has 0 aliphatic rings. The number of rotatable bonds is 4. The zero-order chi connectivity index (χ0) is 15.4. The average molecular weight is 351 g/mol. The van der Waals surface area contributed by atoms with Crippen molar-refractivity contribution in [3.05, 3.63) is 52.4 Å². The van der Waals surface area contributed by atoms with E-state index in [1.165, 1.54) is 11.2 Å². The van der Waals surface area contributed by atoms with Crippen LogP contribution < -0.4 is 5.32 Å². The molecule has 0 saturated carbocycles. The van der Waals surface area contributed by atoms with E-state index in [1.54, 1.807) is 26.1 Å². The molecule has 0 unspecified atom stereocenters. The van der Waals surface area contributed by atoms with Gasteiger partial charge < -0.3 is 14.6 Å². The molecular weight excluding hydrogens is 336 g/mol. The SMILES string of the molecule is Cc1ccoc1C(=O)N(C)CC(=O)Nc1ccccc1Br. The number of carbonyl (C=O) groups excluding carboxylic acids is 2. The van der Waals surface area contributed by atoms with Crippen LogP contribution in [0.3, 0.4) is 0 Å². The van der Waals surface area contributed by atoms with Gasteiger partial charge >= 0.3 is 0 Å². The Morgan fingerprint density at radius 3 is 2.62 bits per heavy atom. The van der Waals surface area contributed by atoms with E-state index in [4.69, 9.17) is 4.42 Å². The fraction of sp³-hybridized carbons (Fsp3) is 0.200. The molecule has 1 N–H and O–H groups in total. The number of anilines is 1. The molecule has 1 aromatic heterocycles. The number of hydrogen-bond acceptors (Lipinski definition) is 3. The second-order valence-corrected chi connectivity index (χ2v) is 5.48. The minimum Gasteiger partial charge on any atom is -0.459 e. The number of benzene rings is 1. The van der Waals surface area contributed by atoms with Crippen molar-refractivity contribution in [2.45, 2.75) is 6.92 Å². The summed E-state index contributed by atoms with van der Waals surface area (Å²) in [4.78, 5) is 25.4. The van der Waals surface area contributed by atoms with Gasteiger partial charge in [0.15, 0.2) is 5.76 Å². The summed E-state index contributed by atoms with van der Waals surface area (Å²) in [6.07, 6.45) is 1.46. The van der Waals surface area contributed by atoms with Gasteiger partial charge in [0.25, 0.3) is 5.91 Å². The second-order valence-electron chi connectivity index (χ2n) is 4.62. The monoisotopic (exact) mass is 350 g/mol. The topological polar surface area (TPSA) is 62.6 Å². The van der Waals surface area contributed by atoms with E-state index in [-0.39, 0.29) is 24.1 Å². The Balaban J connectivity index is 1.98. The Bertz CT molecular complexity index is 666. The number of furan rings is 1. The summed E-state index contributed by atoms with van der Waals surface area (Å²) in [5.41, 5.74) is 1.41. The smallest absolute Gasteiger partial charge is 0.290 e. The second kappa shape index (κ2) is 6.58. The van der Waals surface area contributed by atoms with Crippen molar-refractivity contribution in [1.29, 1.82) is 0 Å². The summed E-state index contributed by atoms with van der Waals surface area (Å²) in [5.74, 6) is -0.340. The Hall–Kier alpha value is -2.08. The van der Waals surface area contributed by atoms with Gasteiger partial charge in [-0.15, -0.1) is 0 Å². The van der Waals surface area contributed by atoms with Crippen molar-refractivity contribution in [2.24, 2.45) is 0 Å². The first-order valence-electron chi connectivity index (χ1n) is 6.33. The van der Waals surface area contributed by atoms with E-state index in [1.807, 2.05) is 18.2 Å². The van der Waals surface area contributed by atoms with E-state index in [0.717, 1.165) is 10.0 Å². The predicted molar refractivity (Wildman–Crippen MR) is 83.2 cm³/mol. The summed E-state index contributed by atoms with van der Waals surface area (Å²) < 4.78 is 5.92. The molecule has 0 spiro atoms. The van der Waals surface area contributed by atoms with Gasteiger partial charge in [-0.2, -0.15) is 0 Å². The molecule has 2 rings (SSSR count). The van der Waals surface area contributed by atoms with E-state index < -0.39 is 0 Å². The number of amides is 2. The Morgan fingerprint density at radius 1 is 1.29 bits per heavy atom. The van der Waals surface area contributed by atoms with Gasteiger partial charge in [-0.3, -0.25) is 9.59 Å². The molecule has 0 radical (unpaired) electrons. The van der Waals surface area contributed by atoms with E-state index in [2.05, 4.69) is 21.2 Å². The summed E-state index contributed by atoms with van der Waals surface area (Å²) in [6.45, 7) is 1.73. The third kappa shape index (κ3) is 3.72. The maximum Gasteiger partial charge on any atom is 0.290 e. The summed E-state index contributed by atoms with van der Waals surface area (Å²) in [7, 11) is 1.56. The fourth-order valence-corrected chi connectivity index (χ4v) is 2.19. The highest BCUT2D eigenvalue weighted by atomic mass is 79.9. The number of halogens is 1. The molecule has 0 aliphatic carbocycles. The number of likely N-dealkylation sites (N-methyl/N-ethyl adjacent to an activating group) is 1. The van der Waals surface area contributed by atoms with Gasteiger partial charge in [-0.25, -0.2) is 0 Å². The number of para-hydroxylation sites is 1. The lowest BCUT2D eigenvalue weighted by Crippen LogP contribution is -2.35. The molecule has 0 atom stereocenters. The van der Waals surface area contributed by atoms with Crippen LogP contribution in [0.4, 0.5) is 5.69 Å². The molecular formula is C15H15BrN2O3. The van der Waals surface area contributed by atoms with Crippen LogP contribution in [0, 0.1) is 6.92 Å². The third-order valence-corrected chi connectivity index (χ3v) is 3.62. The largest absolute Gasteiger partial charge is 0.459 e. The van der Waals surface area contributed by atoms with Gasteiger partial charge in [-0.05, 0) is 41.1 Å². The normalized spacial score (nSPS) is 10.2. The molecule has 2 aromatic rings. The summed E-state index contributed by atoms with van der Waals surface area (Å²) >= 11 is 3.35. The third-order valence-electron chi connectivity index (χ3n) is 2.93. The van der Waals surface area contributed by atoms with Gasteiger partial charge in [0, 0.05) is 17.1 Å². The van der Waals surface area contributed by atoms with Crippen LogP contribution in [0.25, 0.3) is 0 Å². The van der Waals surface area contributed by atoms with Gasteiger partial charge in [-0.1, -0.05) is 12.1 Å². The maximum atomic E-state index is 12.1. The minimum atomic E-state index is -0.320. The van der Waals surface area contributed by atoms with Crippen LogP contribution in [0.2, 0.25) is 0 Å². The van der Waals surface area contributed by atoms with Gasteiger partial charge in [0.05, 0.1) is 18.5 Å². The van der Waals surface area contributed by atoms with Crippen LogP contribution in [0.15, 0.2) is 45.5 Å². The number of carbonyl (C=O) groups is 2. The first kappa shape index (κ1) is 15.3. The Morgan fingerprint density at radius 2 is 2.00 bits per heavy atom.